The summed E-state index contributed by atoms with van der Waals surface area (Å²) in [7, 11) is -0.787. The Labute approximate surface area is 112 Å². The van der Waals surface area contributed by atoms with E-state index in [-0.39, 0.29) is 11.6 Å². The number of aliphatic carboxylic acids is 1. The topological polar surface area (TPSA) is 97.3 Å². The van der Waals surface area contributed by atoms with Gasteiger partial charge in [0.1, 0.15) is 6.61 Å². The molecule has 7 heteroatoms. The second-order valence-electron chi connectivity index (χ2n) is 3.78. The van der Waals surface area contributed by atoms with Crippen LogP contribution in [0.25, 0.3) is 0 Å². The summed E-state index contributed by atoms with van der Waals surface area (Å²) in [5, 5.41) is 10.6. The van der Waals surface area contributed by atoms with Crippen molar-refractivity contribution in [3.63, 3.8) is 0 Å². The maximum atomic E-state index is 10.6. The van der Waals surface area contributed by atoms with E-state index in [1.54, 1.807) is 5.41 Å². The van der Waals surface area contributed by atoms with E-state index < -0.39 is 16.7 Å². The molecule has 2 rings (SSSR count). The van der Waals surface area contributed by atoms with Crippen LogP contribution < -0.4 is 5.73 Å². The first-order valence-electron chi connectivity index (χ1n) is 5.52. The third-order valence-electron chi connectivity index (χ3n) is 2.26. The van der Waals surface area contributed by atoms with E-state index in [1.807, 2.05) is 30.3 Å². The first kappa shape index (κ1) is 13.4. The zero-order valence-electron chi connectivity index (χ0n) is 10.0. The van der Waals surface area contributed by atoms with Crippen LogP contribution in [0.5, 0.6) is 0 Å². The zero-order chi connectivity index (χ0) is 13.7. The number of hydrogen-bond donors (Lipinski definition) is 2. The molecule has 0 fully saturated rings. The van der Waals surface area contributed by atoms with Gasteiger partial charge in [-0.3, -0.25) is 4.79 Å². The Balaban J connectivity index is 1.95. The van der Waals surface area contributed by atoms with E-state index in [9.17, 15) is 4.79 Å². The average molecular weight is 279 g/mol. The van der Waals surface area contributed by atoms with E-state index in [4.69, 9.17) is 15.7 Å². The highest BCUT2D eigenvalue weighted by Crippen LogP contribution is 2.14. The van der Waals surface area contributed by atoms with Gasteiger partial charge in [-0.2, -0.15) is 0 Å². The van der Waals surface area contributed by atoms with Gasteiger partial charge in [-0.25, -0.2) is 9.83 Å². The van der Waals surface area contributed by atoms with E-state index >= 15 is 0 Å². The molecule has 1 atom stereocenters. The van der Waals surface area contributed by atoms with Crippen LogP contribution in [0, 0.1) is 0 Å². The van der Waals surface area contributed by atoms with Crippen LogP contribution in [-0.4, -0.2) is 16.2 Å². The van der Waals surface area contributed by atoms with Crippen molar-refractivity contribution in [3.05, 3.63) is 47.0 Å². The molecular formula is C12H13N3O3S. The quantitative estimate of drug-likeness (QED) is 0.799. The molecule has 3 N–H and O–H groups in total. The van der Waals surface area contributed by atoms with E-state index in [1.165, 1.54) is 0 Å². The highest BCUT2D eigenvalue weighted by Gasteiger charge is 2.14. The predicted molar refractivity (Wildman–Crippen MR) is 73.0 cm³/mol. The lowest BCUT2D eigenvalue weighted by Gasteiger charge is -1.99. The fourth-order valence-electron chi connectivity index (χ4n) is 1.43. The molecule has 0 aliphatic carbocycles. The highest BCUT2D eigenvalue weighted by molar-refractivity contribution is 8.05. The van der Waals surface area contributed by atoms with Gasteiger partial charge in [0, 0.05) is 16.1 Å². The summed E-state index contributed by atoms with van der Waals surface area (Å²) in [5.41, 5.74) is 7.08. The van der Waals surface area contributed by atoms with Crippen molar-refractivity contribution in [1.82, 2.24) is 0 Å². The number of nitrogens with two attached hydrogens (primary N) is 1. The molecular weight excluding hydrogens is 266 g/mol. The van der Waals surface area contributed by atoms with Crippen LogP contribution in [0.1, 0.15) is 12.0 Å². The molecule has 100 valence electrons. The Morgan fingerprint density at radius 3 is 2.84 bits per heavy atom. The van der Waals surface area contributed by atoms with E-state index in [0.29, 0.717) is 12.3 Å². The first-order chi connectivity index (χ1) is 9.15. The maximum Gasteiger partial charge on any atom is 0.309 e. The van der Waals surface area contributed by atoms with E-state index in [2.05, 4.69) is 9.52 Å². The van der Waals surface area contributed by atoms with Crippen LogP contribution in [0.3, 0.4) is 0 Å². The molecule has 0 saturated heterocycles. The minimum Gasteiger partial charge on any atom is -0.481 e. The normalized spacial score (nSPS) is 18.2. The zero-order valence-corrected chi connectivity index (χ0v) is 10.8. The number of hydrogen-bond acceptors (Lipinski definition) is 5. The molecule has 0 amide bonds. The molecule has 1 aromatic carbocycles. The molecule has 0 radical (unpaired) electrons. The monoisotopic (exact) mass is 279 g/mol. The number of nitrogens with zero attached hydrogens (tertiary/aromatic N) is 2. The molecule has 1 aliphatic heterocycles. The Hall–Kier alpha value is -1.99. The van der Waals surface area contributed by atoms with Gasteiger partial charge >= 0.3 is 5.97 Å². The van der Waals surface area contributed by atoms with Gasteiger partial charge in [-0.1, -0.05) is 34.9 Å². The lowest BCUT2D eigenvalue weighted by molar-refractivity contribution is -0.136. The van der Waals surface area contributed by atoms with Crippen LogP contribution in [-0.2, 0) is 26.9 Å². The maximum absolute atomic E-state index is 10.6. The van der Waals surface area contributed by atoms with Crippen molar-refractivity contribution in [2.75, 3.05) is 0 Å². The molecule has 0 aromatic heterocycles. The van der Waals surface area contributed by atoms with Crippen molar-refractivity contribution in [3.8, 4) is 0 Å². The summed E-state index contributed by atoms with van der Waals surface area (Å²) >= 11 is 0. The second kappa shape index (κ2) is 6.26. The highest BCUT2D eigenvalue weighted by atomic mass is 32.2. The van der Waals surface area contributed by atoms with Crippen LogP contribution in [0.4, 0.5) is 0 Å². The second-order valence-corrected chi connectivity index (χ2v) is 5.21. The average Bonchev–Trinajstić information content (AvgIpc) is 2.70. The summed E-state index contributed by atoms with van der Waals surface area (Å²) in [6.07, 6.45) is -0.154. The minimum atomic E-state index is -0.946. The number of carboxylic acid groups (broad SMARTS) is 1. The molecule has 1 heterocycles. The standard InChI is InChI=1S/C12H13N3O3S/c13-12-14-10(6-11(16)17)8-19(12)15-18-7-9-4-2-1-3-5-9/h1-5,8H,6-7H2,(H2,13,14)(H,16,17). The number of benzene rings is 1. The molecule has 0 spiro atoms. The molecule has 19 heavy (non-hydrogen) atoms. The lowest BCUT2D eigenvalue weighted by atomic mass is 10.2. The molecule has 6 nitrogen and oxygen atoms in total. The van der Waals surface area contributed by atoms with Gasteiger partial charge in [-0.15, -0.1) is 0 Å². The Bertz CT molecular complexity index is 567. The van der Waals surface area contributed by atoms with Crippen LogP contribution in [0.2, 0.25) is 0 Å². The lowest BCUT2D eigenvalue weighted by Crippen LogP contribution is -2.13. The number of rotatable bonds is 5. The molecule has 1 aromatic rings. The van der Waals surface area contributed by atoms with E-state index in [0.717, 1.165) is 5.56 Å². The van der Waals surface area contributed by atoms with Crippen molar-refractivity contribution in [1.29, 1.82) is 0 Å². The number of amidine groups is 1. The number of carboxylic acids is 1. The largest absolute Gasteiger partial charge is 0.481 e. The Kier molecular flexibility index (Phi) is 4.43. The summed E-state index contributed by atoms with van der Waals surface area (Å²) in [4.78, 5) is 19.7. The van der Waals surface area contributed by atoms with Crippen LogP contribution >= 0.6 is 0 Å². The van der Waals surface area contributed by atoms with Crippen molar-refractivity contribution in [2.45, 2.75) is 13.0 Å². The number of aliphatic imine (C=N–C) groups is 1. The Morgan fingerprint density at radius 2 is 2.16 bits per heavy atom. The summed E-state index contributed by atoms with van der Waals surface area (Å²) in [6, 6.07) is 9.60. The van der Waals surface area contributed by atoms with Gasteiger partial charge in [-0.05, 0) is 5.56 Å². The molecule has 1 unspecified atom stereocenters. The smallest absolute Gasteiger partial charge is 0.309 e. The summed E-state index contributed by atoms with van der Waals surface area (Å²) in [5.74, 6) is -0.946. The summed E-state index contributed by atoms with van der Waals surface area (Å²) in [6.45, 7) is 0.347. The van der Waals surface area contributed by atoms with Crippen molar-refractivity contribution < 1.29 is 14.7 Å². The fourth-order valence-corrected chi connectivity index (χ4v) is 2.44. The Morgan fingerprint density at radius 1 is 1.42 bits per heavy atom. The third-order valence-corrected chi connectivity index (χ3v) is 3.54. The molecule has 0 saturated carbocycles. The van der Waals surface area contributed by atoms with Gasteiger partial charge < -0.3 is 10.8 Å². The fraction of sp³-hybridized carbons (Fsp3) is 0.167. The predicted octanol–water partition coefficient (Wildman–Crippen LogP) is 1.56. The molecule has 1 aliphatic rings. The van der Waals surface area contributed by atoms with Crippen molar-refractivity contribution in [2.24, 2.45) is 15.3 Å². The SMILES string of the molecule is NC1=NC(CC(=O)O)=C/S1=N/OCc1ccccc1. The van der Waals surface area contributed by atoms with Gasteiger partial charge in [0.05, 0.1) is 12.1 Å². The number of carbonyl (C=O) groups is 1. The van der Waals surface area contributed by atoms with Gasteiger partial charge in [0.25, 0.3) is 0 Å². The van der Waals surface area contributed by atoms with Gasteiger partial charge in [0.15, 0.2) is 5.17 Å². The van der Waals surface area contributed by atoms with Crippen molar-refractivity contribution >= 4 is 21.8 Å². The minimum absolute atomic E-state index is 0.154. The molecule has 0 bridgehead atoms. The van der Waals surface area contributed by atoms with Crippen LogP contribution in [0.15, 0.2) is 51.0 Å². The summed E-state index contributed by atoms with van der Waals surface area (Å²) < 4.78 is 3.96. The first-order valence-corrected chi connectivity index (χ1v) is 6.76. The third kappa shape index (κ3) is 4.01. The van der Waals surface area contributed by atoms with Gasteiger partial charge in [0.2, 0.25) is 0 Å².